The number of hydrogen-bond donors (Lipinski definition) is 0. The molecule has 0 unspecified atom stereocenters. The van der Waals surface area contributed by atoms with E-state index in [1.54, 1.807) is 13.0 Å². The lowest BCUT2D eigenvalue weighted by molar-refractivity contribution is -0.299. The van der Waals surface area contributed by atoms with Gasteiger partial charge in [0.25, 0.3) is 0 Å². The van der Waals surface area contributed by atoms with Gasteiger partial charge in [-0.3, -0.25) is 0 Å². The number of carbonyl (C=O) groups is 1. The van der Waals surface area contributed by atoms with Crippen molar-refractivity contribution in [2.75, 3.05) is 19.6 Å². The van der Waals surface area contributed by atoms with Crippen LogP contribution in [-0.4, -0.2) is 30.5 Å². The second kappa shape index (κ2) is 9.03. The molecule has 0 bridgehead atoms. The third-order valence-electron chi connectivity index (χ3n) is 2.11. The van der Waals surface area contributed by atoms with Gasteiger partial charge in [0.1, 0.15) is 0 Å². The largest absolute Gasteiger partial charge is 0.545 e. The van der Waals surface area contributed by atoms with Gasteiger partial charge in [-0.2, -0.15) is 0 Å². The van der Waals surface area contributed by atoms with E-state index in [-0.39, 0.29) is 12.4 Å². The molecule has 84 valence electrons. The van der Waals surface area contributed by atoms with E-state index in [1.165, 1.54) is 0 Å². The minimum atomic E-state index is -1.07. The zero-order valence-corrected chi connectivity index (χ0v) is 9.89. The zero-order chi connectivity index (χ0) is 10.3. The topological polar surface area (TPSA) is 43.4 Å². The predicted molar refractivity (Wildman–Crippen MR) is 58.4 cm³/mol. The van der Waals surface area contributed by atoms with Gasteiger partial charge in [-0.1, -0.05) is 19.9 Å². The molecule has 0 rings (SSSR count). The summed E-state index contributed by atoms with van der Waals surface area (Å²) in [6.07, 6.45) is 2.50. The zero-order valence-electron chi connectivity index (χ0n) is 9.08. The van der Waals surface area contributed by atoms with Crippen LogP contribution < -0.4 is 5.11 Å². The lowest BCUT2D eigenvalue weighted by Gasteiger charge is -2.16. The first kappa shape index (κ1) is 15.9. The Hall–Kier alpha value is -0.540. The standard InChI is InChI=1S/C10H19NO2.ClH/c1-4-11(5-2)8-6-7-9(3)10(12)13;/h7H,4-6,8H2,1-3H3,(H,12,13);1H/p-1/b9-7+;. The van der Waals surface area contributed by atoms with Gasteiger partial charge in [0.05, 0.1) is 5.97 Å². The van der Waals surface area contributed by atoms with Gasteiger partial charge in [-0.15, -0.1) is 12.4 Å². The molecule has 0 aromatic carbocycles. The van der Waals surface area contributed by atoms with E-state index >= 15 is 0 Å². The van der Waals surface area contributed by atoms with Crippen LogP contribution in [0.1, 0.15) is 27.2 Å². The van der Waals surface area contributed by atoms with Crippen molar-refractivity contribution in [2.45, 2.75) is 27.2 Å². The molecule has 0 saturated carbocycles. The maximum atomic E-state index is 10.3. The summed E-state index contributed by atoms with van der Waals surface area (Å²) in [6.45, 7) is 8.69. The minimum Gasteiger partial charge on any atom is -0.545 e. The maximum Gasteiger partial charge on any atom is 0.0668 e. The number of aliphatic carboxylic acids is 1. The van der Waals surface area contributed by atoms with Crippen LogP contribution in [0.25, 0.3) is 0 Å². The number of carboxylic acid groups (broad SMARTS) is 1. The van der Waals surface area contributed by atoms with Crippen molar-refractivity contribution in [1.82, 2.24) is 4.90 Å². The molecule has 0 fully saturated rings. The molecule has 0 saturated heterocycles. The van der Waals surface area contributed by atoms with Crippen LogP contribution in [0.15, 0.2) is 11.6 Å². The number of hydrogen-bond acceptors (Lipinski definition) is 3. The highest BCUT2D eigenvalue weighted by Gasteiger charge is 1.96. The molecular weight excluding hydrogens is 202 g/mol. The van der Waals surface area contributed by atoms with Crippen LogP contribution >= 0.6 is 12.4 Å². The summed E-state index contributed by atoms with van der Waals surface area (Å²) in [5.74, 6) is -1.07. The minimum absolute atomic E-state index is 0. The molecule has 14 heavy (non-hydrogen) atoms. The predicted octanol–water partition coefficient (Wildman–Crippen LogP) is 0.836. The van der Waals surface area contributed by atoms with E-state index in [1.807, 2.05) is 0 Å². The monoisotopic (exact) mass is 220 g/mol. The molecule has 0 amide bonds. The maximum absolute atomic E-state index is 10.3. The van der Waals surface area contributed by atoms with E-state index in [0.717, 1.165) is 26.1 Å². The summed E-state index contributed by atoms with van der Waals surface area (Å²) < 4.78 is 0. The van der Waals surface area contributed by atoms with Gasteiger partial charge >= 0.3 is 0 Å². The fourth-order valence-corrected chi connectivity index (χ4v) is 1.09. The molecule has 0 spiro atoms. The second-order valence-corrected chi connectivity index (χ2v) is 2.99. The summed E-state index contributed by atoms with van der Waals surface area (Å²) in [6, 6.07) is 0. The van der Waals surface area contributed by atoms with Crippen LogP contribution in [0.5, 0.6) is 0 Å². The summed E-state index contributed by atoms with van der Waals surface area (Å²) >= 11 is 0. The third kappa shape index (κ3) is 6.92. The van der Waals surface area contributed by atoms with Gasteiger partial charge in [0, 0.05) is 6.54 Å². The van der Waals surface area contributed by atoms with Gasteiger partial charge in [0.2, 0.25) is 0 Å². The Morgan fingerprint density at radius 1 is 1.36 bits per heavy atom. The molecule has 0 aliphatic rings. The lowest BCUT2D eigenvalue weighted by atomic mass is 10.2. The summed E-state index contributed by atoms with van der Waals surface area (Å²) in [5.41, 5.74) is 0.326. The first-order valence-electron chi connectivity index (χ1n) is 4.72. The van der Waals surface area contributed by atoms with Crippen LogP contribution in [0, 0.1) is 0 Å². The molecule has 0 aromatic heterocycles. The quantitative estimate of drug-likeness (QED) is 0.623. The Bertz CT molecular complexity index is 189. The van der Waals surface area contributed by atoms with E-state index < -0.39 is 5.97 Å². The Morgan fingerprint density at radius 2 is 1.86 bits per heavy atom. The number of rotatable bonds is 6. The number of halogens is 1. The van der Waals surface area contributed by atoms with Crippen LogP contribution in [0.3, 0.4) is 0 Å². The van der Waals surface area contributed by atoms with Gasteiger partial charge in [0.15, 0.2) is 0 Å². The van der Waals surface area contributed by atoms with E-state index in [4.69, 9.17) is 0 Å². The summed E-state index contributed by atoms with van der Waals surface area (Å²) in [7, 11) is 0. The summed E-state index contributed by atoms with van der Waals surface area (Å²) in [4.78, 5) is 12.6. The molecule has 0 radical (unpaired) electrons. The fourth-order valence-electron chi connectivity index (χ4n) is 1.09. The van der Waals surface area contributed by atoms with Gasteiger partial charge < -0.3 is 14.8 Å². The van der Waals surface area contributed by atoms with Crippen molar-refractivity contribution >= 4 is 18.4 Å². The van der Waals surface area contributed by atoms with Crippen molar-refractivity contribution in [3.8, 4) is 0 Å². The van der Waals surface area contributed by atoms with E-state index in [0.29, 0.717) is 5.57 Å². The summed E-state index contributed by atoms with van der Waals surface area (Å²) in [5, 5.41) is 10.3. The average Bonchev–Trinajstić information content (AvgIpc) is 2.12. The molecular formula is C10H19ClNO2-. The lowest BCUT2D eigenvalue weighted by Crippen LogP contribution is -2.25. The molecule has 3 nitrogen and oxygen atoms in total. The number of nitrogens with zero attached hydrogens (tertiary/aromatic N) is 1. The highest BCUT2D eigenvalue weighted by atomic mass is 35.5. The van der Waals surface area contributed by atoms with Crippen molar-refractivity contribution < 1.29 is 9.90 Å². The first-order chi connectivity index (χ1) is 6.11. The van der Waals surface area contributed by atoms with Gasteiger partial charge in [-0.05, 0) is 32.0 Å². The molecule has 0 aliphatic carbocycles. The Kier molecular flexibility index (Phi) is 10.3. The van der Waals surface area contributed by atoms with E-state index in [9.17, 15) is 9.90 Å². The third-order valence-corrected chi connectivity index (χ3v) is 2.11. The molecule has 0 aromatic rings. The molecule has 0 aliphatic heterocycles. The SMILES string of the molecule is CCN(CC)CC/C=C(\C)C(=O)[O-].Cl. The highest BCUT2D eigenvalue weighted by Crippen LogP contribution is 1.96. The second-order valence-electron chi connectivity index (χ2n) is 2.99. The molecule has 4 heteroatoms. The Balaban J connectivity index is 0. The van der Waals surface area contributed by atoms with Crippen molar-refractivity contribution in [2.24, 2.45) is 0 Å². The fraction of sp³-hybridized carbons (Fsp3) is 0.700. The van der Waals surface area contributed by atoms with Gasteiger partial charge in [-0.25, -0.2) is 0 Å². The van der Waals surface area contributed by atoms with Crippen LogP contribution in [0.4, 0.5) is 0 Å². The van der Waals surface area contributed by atoms with Crippen LogP contribution in [-0.2, 0) is 4.79 Å². The molecule has 0 N–H and O–H groups in total. The smallest absolute Gasteiger partial charge is 0.0668 e. The first-order valence-corrected chi connectivity index (χ1v) is 4.72. The number of carboxylic acids is 1. The highest BCUT2D eigenvalue weighted by molar-refractivity contribution is 5.85. The average molecular weight is 221 g/mol. The van der Waals surface area contributed by atoms with Crippen molar-refractivity contribution in [1.29, 1.82) is 0 Å². The van der Waals surface area contributed by atoms with Crippen molar-refractivity contribution in [3.63, 3.8) is 0 Å². The van der Waals surface area contributed by atoms with E-state index in [2.05, 4.69) is 18.7 Å². The molecule has 0 atom stereocenters. The Labute approximate surface area is 92.2 Å². The molecule has 0 heterocycles. The van der Waals surface area contributed by atoms with Crippen molar-refractivity contribution in [3.05, 3.63) is 11.6 Å². The normalized spacial score (nSPS) is 11.3. The Morgan fingerprint density at radius 3 is 2.21 bits per heavy atom. The van der Waals surface area contributed by atoms with Crippen LogP contribution in [0.2, 0.25) is 0 Å². The number of carbonyl (C=O) groups excluding carboxylic acids is 1.